The van der Waals surface area contributed by atoms with Gasteiger partial charge in [-0.1, -0.05) is 30.2 Å². The van der Waals surface area contributed by atoms with Crippen LogP contribution in [-0.4, -0.2) is 19.0 Å². The van der Waals surface area contributed by atoms with E-state index in [1.807, 2.05) is 13.8 Å². The van der Waals surface area contributed by atoms with Crippen LogP contribution in [0.4, 0.5) is 0 Å². The first-order valence-corrected chi connectivity index (χ1v) is 6.66. The fraction of sp³-hybridized carbons (Fsp3) is 0.533. The predicted octanol–water partition coefficient (Wildman–Crippen LogP) is 2.09. The number of amides is 1. The number of carbonyl (C=O) groups is 1. The van der Waals surface area contributed by atoms with Gasteiger partial charge in [0.1, 0.15) is 0 Å². The Kier molecular flexibility index (Phi) is 6.44. The Morgan fingerprint density at radius 2 is 2.00 bits per heavy atom. The molecule has 1 amide bonds. The average molecular weight is 248 g/mol. The largest absolute Gasteiger partial charge is 0.356 e. The fourth-order valence-corrected chi connectivity index (χ4v) is 1.90. The van der Waals surface area contributed by atoms with Gasteiger partial charge in [-0.3, -0.25) is 4.79 Å². The van der Waals surface area contributed by atoms with Crippen molar-refractivity contribution in [3.63, 3.8) is 0 Å². The zero-order valence-corrected chi connectivity index (χ0v) is 11.5. The molecule has 1 aromatic rings. The number of carbonyl (C=O) groups excluding carboxylic acids is 1. The van der Waals surface area contributed by atoms with E-state index in [9.17, 15) is 4.79 Å². The van der Waals surface area contributed by atoms with Crippen LogP contribution < -0.4 is 11.1 Å². The summed E-state index contributed by atoms with van der Waals surface area (Å²) in [6, 6.07) is 6.23. The minimum absolute atomic E-state index is 0.108. The molecule has 3 N–H and O–H groups in total. The number of rotatable bonds is 7. The van der Waals surface area contributed by atoms with Crippen molar-refractivity contribution in [2.24, 2.45) is 5.73 Å². The van der Waals surface area contributed by atoms with Crippen molar-refractivity contribution in [3.05, 3.63) is 34.9 Å². The molecule has 0 atom stereocenters. The molecule has 0 aliphatic heterocycles. The first-order chi connectivity index (χ1) is 8.63. The lowest BCUT2D eigenvalue weighted by Crippen LogP contribution is -2.26. The fourth-order valence-electron chi connectivity index (χ4n) is 1.90. The Balaban J connectivity index is 2.33. The zero-order valence-electron chi connectivity index (χ0n) is 11.5. The van der Waals surface area contributed by atoms with Gasteiger partial charge in [-0.05, 0) is 44.4 Å². The van der Waals surface area contributed by atoms with Gasteiger partial charge in [0.2, 0.25) is 5.91 Å². The van der Waals surface area contributed by atoms with Crippen molar-refractivity contribution in [2.75, 3.05) is 13.1 Å². The highest BCUT2D eigenvalue weighted by atomic mass is 16.1. The van der Waals surface area contributed by atoms with Crippen molar-refractivity contribution in [1.82, 2.24) is 5.32 Å². The van der Waals surface area contributed by atoms with E-state index in [2.05, 4.69) is 23.5 Å². The van der Waals surface area contributed by atoms with E-state index in [0.717, 1.165) is 37.9 Å². The molecule has 0 fully saturated rings. The third-order valence-electron chi connectivity index (χ3n) is 3.06. The van der Waals surface area contributed by atoms with E-state index in [1.54, 1.807) is 0 Å². The lowest BCUT2D eigenvalue weighted by atomic mass is 10.0. The maximum atomic E-state index is 11.8. The smallest absolute Gasteiger partial charge is 0.224 e. The molecule has 3 nitrogen and oxygen atoms in total. The Morgan fingerprint density at radius 1 is 1.22 bits per heavy atom. The summed E-state index contributed by atoms with van der Waals surface area (Å²) in [4.78, 5) is 11.8. The molecule has 0 spiro atoms. The second kappa shape index (κ2) is 7.88. The van der Waals surface area contributed by atoms with Crippen LogP contribution in [0.5, 0.6) is 0 Å². The number of nitrogens with two attached hydrogens (primary N) is 1. The normalized spacial score (nSPS) is 10.4. The average Bonchev–Trinajstić information content (AvgIpc) is 2.33. The monoisotopic (exact) mass is 248 g/mol. The van der Waals surface area contributed by atoms with E-state index in [-0.39, 0.29) is 5.91 Å². The number of aryl methyl sites for hydroxylation is 2. The van der Waals surface area contributed by atoms with Gasteiger partial charge in [-0.15, -0.1) is 0 Å². The molecule has 0 saturated heterocycles. The van der Waals surface area contributed by atoms with Crippen molar-refractivity contribution >= 4 is 5.91 Å². The molecule has 1 aromatic carbocycles. The van der Waals surface area contributed by atoms with E-state index >= 15 is 0 Å². The molecule has 3 heteroatoms. The predicted molar refractivity (Wildman–Crippen MR) is 75.5 cm³/mol. The SMILES string of the molecule is Cc1ccc(C)c(CC(=O)NCCCCCN)c1. The number of hydrogen-bond donors (Lipinski definition) is 2. The van der Waals surface area contributed by atoms with Crippen LogP contribution in [0, 0.1) is 13.8 Å². The number of benzene rings is 1. The van der Waals surface area contributed by atoms with Gasteiger partial charge in [0.15, 0.2) is 0 Å². The molecule has 18 heavy (non-hydrogen) atoms. The first kappa shape index (κ1) is 14.7. The van der Waals surface area contributed by atoms with Gasteiger partial charge < -0.3 is 11.1 Å². The van der Waals surface area contributed by atoms with Crippen LogP contribution in [0.1, 0.15) is 36.0 Å². The molecule has 1 rings (SSSR count). The molecule has 0 heterocycles. The molecule has 0 aliphatic rings. The summed E-state index contributed by atoms with van der Waals surface area (Å²) in [6.07, 6.45) is 3.60. The van der Waals surface area contributed by atoms with E-state index in [0.29, 0.717) is 6.42 Å². The summed E-state index contributed by atoms with van der Waals surface area (Å²) in [5.74, 6) is 0.108. The van der Waals surface area contributed by atoms with E-state index in [1.165, 1.54) is 11.1 Å². The summed E-state index contributed by atoms with van der Waals surface area (Å²) >= 11 is 0. The lowest BCUT2D eigenvalue weighted by Gasteiger charge is -2.08. The molecule has 0 radical (unpaired) electrons. The van der Waals surface area contributed by atoms with Crippen LogP contribution >= 0.6 is 0 Å². The molecule has 0 aliphatic carbocycles. The topological polar surface area (TPSA) is 55.1 Å². The number of hydrogen-bond acceptors (Lipinski definition) is 2. The van der Waals surface area contributed by atoms with Crippen LogP contribution in [-0.2, 0) is 11.2 Å². The zero-order chi connectivity index (χ0) is 13.4. The minimum Gasteiger partial charge on any atom is -0.356 e. The highest BCUT2D eigenvalue weighted by Crippen LogP contribution is 2.11. The number of nitrogens with one attached hydrogen (secondary N) is 1. The molecule has 0 saturated carbocycles. The summed E-state index contributed by atoms with van der Waals surface area (Å²) in [5.41, 5.74) is 8.92. The Labute approximate surface area is 110 Å². The summed E-state index contributed by atoms with van der Waals surface area (Å²) in [5, 5.41) is 2.96. The highest BCUT2D eigenvalue weighted by Gasteiger charge is 2.05. The number of unbranched alkanes of at least 4 members (excludes halogenated alkanes) is 2. The molecule has 0 aromatic heterocycles. The molecular weight excluding hydrogens is 224 g/mol. The lowest BCUT2D eigenvalue weighted by molar-refractivity contribution is -0.120. The molecule has 100 valence electrons. The molecule has 0 unspecified atom stereocenters. The molecular formula is C15H24N2O. The maximum absolute atomic E-state index is 11.8. The van der Waals surface area contributed by atoms with Crippen molar-refractivity contribution in [1.29, 1.82) is 0 Å². The van der Waals surface area contributed by atoms with Crippen LogP contribution in [0.15, 0.2) is 18.2 Å². The van der Waals surface area contributed by atoms with Crippen LogP contribution in [0.3, 0.4) is 0 Å². The third-order valence-corrected chi connectivity index (χ3v) is 3.06. The molecule has 0 bridgehead atoms. The second-order valence-corrected chi connectivity index (χ2v) is 4.81. The Bertz CT molecular complexity index is 388. The highest BCUT2D eigenvalue weighted by molar-refractivity contribution is 5.78. The Hall–Kier alpha value is -1.35. The Morgan fingerprint density at radius 3 is 2.72 bits per heavy atom. The first-order valence-electron chi connectivity index (χ1n) is 6.66. The summed E-state index contributed by atoms with van der Waals surface area (Å²) < 4.78 is 0. The maximum Gasteiger partial charge on any atom is 0.224 e. The van der Waals surface area contributed by atoms with Gasteiger partial charge in [-0.25, -0.2) is 0 Å². The van der Waals surface area contributed by atoms with Gasteiger partial charge in [0.25, 0.3) is 0 Å². The second-order valence-electron chi connectivity index (χ2n) is 4.81. The van der Waals surface area contributed by atoms with Gasteiger partial charge in [-0.2, -0.15) is 0 Å². The minimum atomic E-state index is 0.108. The summed E-state index contributed by atoms with van der Waals surface area (Å²) in [7, 11) is 0. The van der Waals surface area contributed by atoms with E-state index < -0.39 is 0 Å². The summed E-state index contributed by atoms with van der Waals surface area (Å²) in [6.45, 7) is 5.58. The van der Waals surface area contributed by atoms with Gasteiger partial charge in [0.05, 0.1) is 6.42 Å². The van der Waals surface area contributed by atoms with Gasteiger partial charge in [0, 0.05) is 6.54 Å². The van der Waals surface area contributed by atoms with Crippen LogP contribution in [0.2, 0.25) is 0 Å². The van der Waals surface area contributed by atoms with Crippen LogP contribution in [0.25, 0.3) is 0 Å². The van der Waals surface area contributed by atoms with Crippen molar-refractivity contribution < 1.29 is 4.79 Å². The standard InChI is InChI=1S/C15H24N2O/c1-12-6-7-13(2)14(10-12)11-15(18)17-9-5-3-4-8-16/h6-7,10H,3-5,8-9,11,16H2,1-2H3,(H,17,18). The quantitative estimate of drug-likeness (QED) is 0.726. The van der Waals surface area contributed by atoms with Crippen molar-refractivity contribution in [2.45, 2.75) is 39.5 Å². The van der Waals surface area contributed by atoms with Gasteiger partial charge >= 0.3 is 0 Å². The third kappa shape index (κ3) is 5.32. The van der Waals surface area contributed by atoms with E-state index in [4.69, 9.17) is 5.73 Å². The van der Waals surface area contributed by atoms with Crippen molar-refractivity contribution in [3.8, 4) is 0 Å².